The van der Waals surface area contributed by atoms with Crippen LogP contribution in [0.5, 0.6) is 0 Å². The second kappa shape index (κ2) is 13.0. The van der Waals surface area contributed by atoms with Crippen LogP contribution in [0.3, 0.4) is 0 Å². The maximum Gasteiger partial charge on any atom is -0.0417 e. The van der Waals surface area contributed by atoms with E-state index in [4.69, 9.17) is 0 Å². The molecular formula is C14H32. The van der Waals surface area contributed by atoms with Gasteiger partial charge in [-0.1, -0.05) is 86.0 Å². The van der Waals surface area contributed by atoms with Crippen molar-refractivity contribution in [2.24, 2.45) is 5.92 Å². The van der Waals surface area contributed by atoms with Gasteiger partial charge in [-0.2, -0.15) is 0 Å². The molecule has 0 aromatic rings. The zero-order valence-corrected chi connectivity index (χ0v) is 9.94. The summed E-state index contributed by atoms with van der Waals surface area (Å²) < 4.78 is 0. The Morgan fingerprint density at radius 2 is 1.14 bits per heavy atom. The lowest BCUT2D eigenvalue weighted by Gasteiger charge is -2.13. The van der Waals surface area contributed by atoms with Crippen LogP contribution in [-0.4, -0.2) is 0 Å². The van der Waals surface area contributed by atoms with Crippen molar-refractivity contribution in [3.05, 3.63) is 0 Å². The van der Waals surface area contributed by atoms with Gasteiger partial charge < -0.3 is 0 Å². The Kier molecular flexibility index (Phi) is 15.3. The van der Waals surface area contributed by atoms with E-state index in [-0.39, 0.29) is 7.43 Å². The van der Waals surface area contributed by atoms with Crippen LogP contribution in [0.1, 0.15) is 86.0 Å². The van der Waals surface area contributed by atoms with Crippen molar-refractivity contribution in [1.82, 2.24) is 0 Å². The molecule has 0 spiro atoms. The highest BCUT2D eigenvalue weighted by Gasteiger charge is 2.04. The normalized spacial score (nSPS) is 10.3. The first-order valence-electron chi connectivity index (χ1n) is 6.35. The minimum atomic E-state index is 0. The zero-order valence-electron chi connectivity index (χ0n) is 9.94. The van der Waals surface area contributed by atoms with Gasteiger partial charge in [0.05, 0.1) is 0 Å². The van der Waals surface area contributed by atoms with Gasteiger partial charge in [-0.05, 0) is 5.92 Å². The Morgan fingerprint density at radius 3 is 1.43 bits per heavy atom. The van der Waals surface area contributed by atoms with Gasteiger partial charge in [0.25, 0.3) is 0 Å². The van der Waals surface area contributed by atoms with E-state index < -0.39 is 0 Å². The molecule has 0 nitrogen and oxygen atoms in total. The molecule has 0 aromatic heterocycles. The quantitative estimate of drug-likeness (QED) is 0.412. The molecule has 0 aliphatic rings. The van der Waals surface area contributed by atoms with Crippen LogP contribution in [0.15, 0.2) is 0 Å². The number of hydrogen-bond donors (Lipinski definition) is 0. The summed E-state index contributed by atoms with van der Waals surface area (Å²) in [4.78, 5) is 0. The van der Waals surface area contributed by atoms with E-state index in [9.17, 15) is 0 Å². The molecule has 0 aromatic carbocycles. The van der Waals surface area contributed by atoms with Crippen molar-refractivity contribution < 1.29 is 0 Å². The van der Waals surface area contributed by atoms with Crippen molar-refractivity contribution in [3.63, 3.8) is 0 Å². The van der Waals surface area contributed by atoms with Crippen LogP contribution in [0.25, 0.3) is 0 Å². The summed E-state index contributed by atoms with van der Waals surface area (Å²) >= 11 is 0. The minimum absolute atomic E-state index is 0. The predicted molar refractivity (Wildman–Crippen MR) is 68.8 cm³/mol. The molecule has 0 aliphatic heterocycles. The smallest absolute Gasteiger partial charge is 0.0417 e. The lowest BCUT2D eigenvalue weighted by molar-refractivity contribution is 0.399. The van der Waals surface area contributed by atoms with Crippen LogP contribution < -0.4 is 0 Å². The highest BCUT2D eigenvalue weighted by atomic mass is 14.1. The summed E-state index contributed by atoms with van der Waals surface area (Å²) in [6.45, 7) is 6.93. The Balaban J connectivity index is 0. The standard InChI is InChI=1S/C13H28.CH4/c1-4-7-9-11-13(6-3)12-10-8-5-2;/h13H,4-12H2,1-3H3;1H4. The molecule has 0 aliphatic carbocycles. The molecule has 0 heterocycles. The summed E-state index contributed by atoms with van der Waals surface area (Å²) in [6, 6.07) is 0. The first kappa shape index (κ1) is 16.4. The molecule has 0 saturated carbocycles. The fourth-order valence-electron chi connectivity index (χ4n) is 1.92. The number of unbranched alkanes of at least 4 members (excludes halogenated alkanes) is 4. The summed E-state index contributed by atoms with van der Waals surface area (Å²) in [5, 5.41) is 0. The summed E-state index contributed by atoms with van der Waals surface area (Å²) in [5.41, 5.74) is 0. The van der Waals surface area contributed by atoms with Crippen LogP contribution in [0, 0.1) is 5.92 Å². The average Bonchev–Trinajstić information content (AvgIpc) is 2.16. The Labute approximate surface area is 92.5 Å². The van der Waals surface area contributed by atoms with Gasteiger partial charge in [0.15, 0.2) is 0 Å². The van der Waals surface area contributed by atoms with Crippen molar-refractivity contribution in [1.29, 1.82) is 0 Å². The molecule has 14 heavy (non-hydrogen) atoms. The Hall–Kier alpha value is 0. The van der Waals surface area contributed by atoms with Crippen molar-refractivity contribution in [2.75, 3.05) is 0 Å². The molecule has 0 rings (SSSR count). The Morgan fingerprint density at radius 1 is 0.714 bits per heavy atom. The Bertz CT molecular complexity index is 76.0. The SMILES string of the molecule is C.CCCCCC(CC)CCCCC. The second-order valence-electron chi connectivity index (χ2n) is 4.27. The van der Waals surface area contributed by atoms with Crippen LogP contribution in [0.4, 0.5) is 0 Å². The fourth-order valence-corrected chi connectivity index (χ4v) is 1.92. The predicted octanol–water partition coefficient (Wildman–Crippen LogP) is 5.81. The molecule has 0 amide bonds. The van der Waals surface area contributed by atoms with Crippen LogP contribution >= 0.6 is 0 Å². The molecule has 0 N–H and O–H groups in total. The number of rotatable bonds is 9. The third kappa shape index (κ3) is 10.1. The molecule has 0 radical (unpaired) electrons. The molecule has 0 saturated heterocycles. The molecule has 0 unspecified atom stereocenters. The summed E-state index contributed by atoms with van der Waals surface area (Å²) in [5.74, 6) is 1.03. The molecule has 0 fully saturated rings. The fraction of sp³-hybridized carbons (Fsp3) is 1.00. The van der Waals surface area contributed by atoms with Gasteiger partial charge in [0.1, 0.15) is 0 Å². The van der Waals surface area contributed by atoms with Gasteiger partial charge in [-0.15, -0.1) is 0 Å². The van der Waals surface area contributed by atoms with E-state index in [0.29, 0.717) is 0 Å². The van der Waals surface area contributed by atoms with E-state index in [1.807, 2.05) is 0 Å². The first-order chi connectivity index (χ1) is 6.35. The largest absolute Gasteiger partial charge is 0.0776 e. The van der Waals surface area contributed by atoms with E-state index in [1.54, 1.807) is 0 Å². The van der Waals surface area contributed by atoms with Gasteiger partial charge >= 0.3 is 0 Å². The summed E-state index contributed by atoms with van der Waals surface area (Å²) in [6.07, 6.45) is 12.9. The monoisotopic (exact) mass is 200 g/mol. The lowest BCUT2D eigenvalue weighted by Crippen LogP contribution is -1.98. The van der Waals surface area contributed by atoms with Gasteiger partial charge in [-0.3, -0.25) is 0 Å². The van der Waals surface area contributed by atoms with Crippen LogP contribution in [-0.2, 0) is 0 Å². The highest BCUT2D eigenvalue weighted by Crippen LogP contribution is 2.20. The third-order valence-corrected chi connectivity index (χ3v) is 3.01. The molecule has 88 valence electrons. The van der Waals surface area contributed by atoms with Crippen LogP contribution in [0.2, 0.25) is 0 Å². The first-order valence-corrected chi connectivity index (χ1v) is 6.35. The van der Waals surface area contributed by atoms with E-state index in [0.717, 1.165) is 5.92 Å². The van der Waals surface area contributed by atoms with E-state index in [2.05, 4.69) is 20.8 Å². The highest BCUT2D eigenvalue weighted by molar-refractivity contribution is 4.57. The van der Waals surface area contributed by atoms with E-state index >= 15 is 0 Å². The van der Waals surface area contributed by atoms with Crippen molar-refractivity contribution >= 4 is 0 Å². The molecule has 0 bridgehead atoms. The maximum absolute atomic E-state index is 2.35. The van der Waals surface area contributed by atoms with Gasteiger partial charge in [0, 0.05) is 0 Å². The topological polar surface area (TPSA) is 0 Å². The molecule has 0 heteroatoms. The van der Waals surface area contributed by atoms with Gasteiger partial charge in [0.2, 0.25) is 0 Å². The lowest BCUT2D eigenvalue weighted by atomic mass is 9.93. The average molecular weight is 200 g/mol. The van der Waals surface area contributed by atoms with Crippen molar-refractivity contribution in [2.45, 2.75) is 86.0 Å². The third-order valence-electron chi connectivity index (χ3n) is 3.01. The van der Waals surface area contributed by atoms with Crippen molar-refractivity contribution in [3.8, 4) is 0 Å². The van der Waals surface area contributed by atoms with E-state index in [1.165, 1.54) is 57.8 Å². The maximum atomic E-state index is 2.35. The zero-order chi connectivity index (χ0) is 9.94. The van der Waals surface area contributed by atoms with Gasteiger partial charge in [-0.25, -0.2) is 0 Å². The summed E-state index contributed by atoms with van der Waals surface area (Å²) in [7, 11) is 0. The second-order valence-corrected chi connectivity index (χ2v) is 4.27. The molecule has 0 atom stereocenters. The number of hydrogen-bond acceptors (Lipinski definition) is 0. The minimum Gasteiger partial charge on any atom is -0.0776 e. The molecular weight excluding hydrogens is 168 g/mol.